The number of nitrogens with zero attached hydrogens (tertiary/aromatic N) is 2. The summed E-state index contributed by atoms with van der Waals surface area (Å²) in [5, 5.41) is 0.799. The van der Waals surface area contributed by atoms with Crippen LogP contribution in [0.1, 0.15) is 17.7 Å². The Labute approximate surface area is 100 Å². The molecule has 0 fully saturated rings. The Morgan fingerprint density at radius 3 is 2.88 bits per heavy atom. The van der Waals surface area contributed by atoms with Crippen molar-refractivity contribution in [3.05, 3.63) is 59.1 Å². The molecule has 2 rings (SSSR count). The fourth-order valence-corrected chi connectivity index (χ4v) is 1.81. The second-order valence-electron chi connectivity index (χ2n) is 3.63. The Kier molecular flexibility index (Phi) is 3.89. The number of aryl methyl sites for hydroxylation is 2. The summed E-state index contributed by atoms with van der Waals surface area (Å²) in [6.45, 7) is 0. The van der Waals surface area contributed by atoms with Crippen molar-refractivity contribution in [2.45, 2.75) is 19.3 Å². The van der Waals surface area contributed by atoms with Gasteiger partial charge in [0.1, 0.15) is 0 Å². The molecule has 0 amide bonds. The summed E-state index contributed by atoms with van der Waals surface area (Å²) in [6.07, 6.45) is 7.35. The van der Waals surface area contributed by atoms with E-state index < -0.39 is 0 Å². The molecule has 0 saturated carbocycles. The van der Waals surface area contributed by atoms with Crippen LogP contribution in [0.15, 0.2) is 36.5 Å². The zero-order valence-electron chi connectivity index (χ0n) is 8.86. The minimum Gasteiger partial charge on any atom is -0.234 e. The summed E-state index contributed by atoms with van der Waals surface area (Å²) in [5.41, 5.74) is 2.31. The van der Waals surface area contributed by atoms with Gasteiger partial charge < -0.3 is 0 Å². The molecule has 0 atom stereocenters. The van der Waals surface area contributed by atoms with E-state index in [0.29, 0.717) is 0 Å². The average Bonchev–Trinajstić information content (AvgIpc) is 2.30. The van der Waals surface area contributed by atoms with Crippen molar-refractivity contribution in [2.75, 3.05) is 0 Å². The van der Waals surface area contributed by atoms with Gasteiger partial charge in [0.05, 0.1) is 0 Å². The summed E-state index contributed by atoms with van der Waals surface area (Å²) >= 11 is 5.92. The molecule has 1 aromatic heterocycles. The van der Waals surface area contributed by atoms with E-state index in [1.807, 2.05) is 24.3 Å². The molecular formula is C13H12ClN2. The molecule has 3 heteroatoms. The van der Waals surface area contributed by atoms with Gasteiger partial charge in [0, 0.05) is 16.9 Å². The van der Waals surface area contributed by atoms with Crippen LogP contribution in [-0.2, 0) is 12.8 Å². The van der Waals surface area contributed by atoms with Crippen molar-refractivity contribution >= 4 is 11.6 Å². The monoisotopic (exact) mass is 231 g/mol. The first-order valence-corrected chi connectivity index (χ1v) is 5.65. The van der Waals surface area contributed by atoms with Crippen LogP contribution in [0.2, 0.25) is 5.02 Å². The van der Waals surface area contributed by atoms with Gasteiger partial charge in [-0.25, -0.2) is 9.97 Å². The first kappa shape index (κ1) is 11.1. The molecule has 0 aliphatic carbocycles. The lowest BCUT2D eigenvalue weighted by molar-refractivity contribution is 0.793. The third-order valence-corrected chi connectivity index (χ3v) is 2.62. The molecule has 1 radical (unpaired) electrons. The van der Waals surface area contributed by atoms with Crippen LogP contribution >= 0.6 is 11.6 Å². The Morgan fingerprint density at radius 1 is 1.19 bits per heavy atom. The maximum atomic E-state index is 5.92. The number of halogens is 1. The number of rotatable bonds is 4. The standard InChI is InChI=1S/C13H12ClN2/c14-12-5-1-3-11(9-12)4-2-6-13-7-8-15-10-16-13/h1,3,5,7-9H,2,4,6H2. The molecule has 0 spiro atoms. The molecule has 16 heavy (non-hydrogen) atoms. The predicted octanol–water partition coefficient (Wildman–Crippen LogP) is 3.11. The van der Waals surface area contributed by atoms with E-state index in [9.17, 15) is 0 Å². The lowest BCUT2D eigenvalue weighted by Crippen LogP contribution is -1.93. The number of hydrogen-bond donors (Lipinski definition) is 0. The number of benzene rings is 1. The summed E-state index contributed by atoms with van der Waals surface area (Å²) in [4.78, 5) is 7.83. The minimum atomic E-state index is 0.799. The van der Waals surface area contributed by atoms with Crippen LogP contribution in [-0.4, -0.2) is 9.97 Å². The normalized spacial score (nSPS) is 10.3. The highest BCUT2D eigenvalue weighted by Gasteiger charge is 1.97. The van der Waals surface area contributed by atoms with E-state index >= 15 is 0 Å². The molecule has 0 bridgehead atoms. The molecule has 2 nitrogen and oxygen atoms in total. The summed E-state index contributed by atoms with van der Waals surface area (Å²) in [6, 6.07) is 9.90. The zero-order chi connectivity index (χ0) is 11.2. The molecule has 0 aliphatic rings. The SMILES string of the molecule is Clc1cccc(CCCc2ccn[c]n2)c1. The first-order valence-electron chi connectivity index (χ1n) is 5.27. The van der Waals surface area contributed by atoms with Crippen molar-refractivity contribution in [1.82, 2.24) is 9.97 Å². The quantitative estimate of drug-likeness (QED) is 0.808. The van der Waals surface area contributed by atoms with E-state index in [2.05, 4.69) is 22.4 Å². The predicted molar refractivity (Wildman–Crippen MR) is 64.3 cm³/mol. The van der Waals surface area contributed by atoms with Crippen LogP contribution in [0.25, 0.3) is 0 Å². The fourth-order valence-electron chi connectivity index (χ4n) is 1.59. The lowest BCUT2D eigenvalue weighted by Gasteiger charge is -2.01. The van der Waals surface area contributed by atoms with Gasteiger partial charge >= 0.3 is 0 Å². The Balaban J connectivity index is 1.85. The summed E-state index contributed by atoms with van der Waals surface area (Å²) in [5.74, 6) is 0. The third kappa shape index (κ3) is 3.31. The maximum absolute atomic E-state index is 5.92. The summed E-state index contributed by atoms with van der Waals surface area (Å²) < 4.78 is 0. The molecule has 0 saturated heterocycles. The van der Waals surface area contributed by atoms with Crippen LogP contribution < -0.4 is 0 Å². The molecule has 0 aliphatic heterocycles. The van der Waals surface area contributed by atoms with Crippen molar-refractivity contribution in [3.63, 3.8) is 0 Å². The van der Waals surface area contributed by atoms with Crippen LogP contribution in [0, 0.1) is 6.33 Å². The smallest absolute Gasteiger partial charge is 0.197 e. The van der Waals surface area contributed by atoms with E-state index in [4.69, 9.17) is 11.6 Å². The van der Waals surface area contributed by atoms with E-state index in [0.717, 1.165) is 30.0 Å². The van der Waals surface area contributed by atoms with Gasteiger partial charge in [0.25, 0.3) is 0 Å². The van der Waals surface area contributed by atoms with E-state index in [-0.39, 0.29) is 0 Å². The highest BCUT2D eigenvalue weighted by Crippen LogP contribution is 2.12. The van der Waals surface area contributed by atoms with Crippen LogP contribution in [0.5, 0.6) is 0 Å². The van der Waals surface area contributed by atoms with Crippen molar-refractivity contribution in [2.24, 2.45) is 0 Å². The molecule has 0 N–H and O–H groups in total. The molecule has 1 heterocycles. The topological polar surface area (TPSA) is 25.8 Å². The van der Waals surface area contributed by atoms with Gasteiger partial charge in [-0.2, -0.15) is 0 Å². The summed E-state index contributed by atoms with van der Waals surface area (Å²) in [7, 11) is 0. The van der Waals surface area contributed by atoms with Crippen molar-refractivity contribution in [3.8, 4) is 0 Å². The Morgan fingerprint density at radius 2 is 2.12 bits per heavy atom. The first-order chi connectivity index (χ1) is 7.84. The van der Waals surface area contributed by atoms with Gasteiger partial charge in [-0.3, -0.25) is 0 Å². The highest BCUT2D eigenvalue weighted by molar-refractivity contribution is 6.30. The van der Waals surface area contributed by atoms with Crippen molar-refractivity contribution < 1.29 is 0 Å². The largest absolute Gasteiger partial charge is 0.234 e. The van der Waals surface area contributed by atoms with Gasteiger partial charge in [0.15, 0.2) is 6.33 Å². The molecule has 81 valence electrons. The highest BCUT2D eigenvalue weighted by atomic mass is 35.5. The van der Waals surface area contributed by atoms with Gasteiger partial charge in [-0.1, -0.05) is 23.7 Å². The number of hydrogen-bond acceptors (Lipinski definition) is 2. The molecule has 2 aromatic rings. The lowest BCUT2D eigenvalue weighted by atomic mass is 10.1. The third-order valence-electron chi connectivity index (χ3n) is 2.38. The van der Waals surface area contributed by atoms with Crippen LogP contribution in [0.3, 0.4) is 0 Å². The van der Waals surface area contributed by atoms with Crippen LogP contribution in [0.4, 0.5) is 0 Å². The Bertz CT molecular complexity index is 443. The van der Waals surface area contributed by atoms with E-state index in [1.54, 1.807) is 6.20 Å². The van der Waals surface area contributed by atoms with Gasteiger partial charge in [-0.05, 0) is 43.0 Å². The fraction of sp³-hybridized carbons (Fsp3) is 0.231. The Hall–Kier alpha value is -1.41. The van der Waals surface area contributed by atoms with E-state index in [1.165, 1.54) is 5.56 Å². The minimum absolute atomic E-state index is 0.799. The second-order valence-corrected chi connectivity index (χ2v) is 4.07. The molecule has 1 aromatic carbocycles. The molecule has 0 unspecified atom stereocenters. The van der Waals surface area contributed by atoms with Gasteiger partial charge in [0.2, 0.25) is 0 Å². The van der Waals surface area contributed by atoms with Gasteiger partial charge in [-0.15, -0.1) is 0 Å². The second kappa shape index (κ2) is 5.61. The average molecular weight is 232 g/mol. The molecular weight excluding hydrogens is 220 g/mol. The zero-order valence-corrected chi connectivity index (χ0v) is 9.61. The number of aromatic nitrogens is 2. The van der Waals surface area contributed by atoms with Crippen molar-refractivity contribution in [1.29, 1.82) is 0 Å². The maximum Gasteiger partial charge on any atom is 0.197 e.